The SMILES string of the molecule is CC1(C)CC(NC(=O)c2ccc(-c3nc4cc5ccccc5cc4[nH]3)s2)CC(C)(C)N1. The number of thiophene rings is 1. The lowest BCUT2D eigenvalue weighted by Crippen LogP contribution is -2.62. The van der Waals surface area contributed by atoms with E-state index in [-0.39, 0.29) is 23.0 Å². The molecule has 160 valence electrons. The molecule has 1 saturated heterocycles. The van der Waals surface area contributed by atoms with E-state index in [0.717, 1.165) is 39.5 Å². The van der Waals surface area contributed by atoms with Crippen LogP contribution in [0.1, 0.15) is 50.2 Å². The number of hydrogen-bond acceptors (Lipinski definition) is 4. The van der Waals surface area contributed by atoms with Crippen LogP contribution in [0.15, 0.2) is 48.5 Å². The van der Waals surface area contributed by atoms with Gasteiger partial charge in [-0.1, -0.05) is 24.3 Å². The molecule has 1 fully saturated rings. The zero-order valence-electron chi connectivity index (χ0n) is 18.4. The minimum atomic E-state index is -0.00315. The van der Waals surface area contributed by atoms with Crippen molar-refractivity contribution in [2.24, 2.45) is 0 Å². The molecule has 1 aliphatic heterocycles. The predicted octanol–water partition coefficient (Wildman–Crippen LogP) is 5.48. The molecule has 1 aliphatic rings. The fourth-order valence-corrected chi connectivity index (χ4v) is 5.94. The van der Waals surface area contributed by atoms with Gasteiger partial charge >= 0.3 is 0 Å². The summed E-state index contributed by atoms with van der Waals surface area (Å²) in [6.07, 6.45) is 1.83. The van der Waals surface area contributed by atoms with Crippen molar-refractivity contribution in [1.29, 1.82) is 0 Å². The standard InChI is InChI=1S/C25H28N4OS/c1-24(2)13-17(14-25(3,4)29-24)26-23(30)21-10-9-20(31-21)22-27-18-11-15-7-5-6-8-16(15)12-19(18)28-22/h5-12,17,29H,13-14H2,1-4H3,(H,26,30)(H,27,28). The molecule has 6 heteroatoms. The van der Waals surface area contributed by atoms with E-state index in [0.29, 0.717) is 0 Å². The smallest absolute Gasteiger partial charge is 0.261 e. The van der Waals surface area contributed by atoms with Gasteiger partial charge in [-0.15, -0.1) is 11.3 Å². The van der Waals surface area contributed by atoms with Crippen LogP contribution in [0.2, 0.25) is 0 Å². The highest BCUT2D eigenvalue weighted by Crippen LogP contribution is 2.31. The average Bonchev–Trinajstić information content (AvgIpc) is 3.30. The Kier molecular flexibility index (Phi) is 4.68. The van der Waals surface area contributed by atoms with E-state index >= 15 is 0 Å². The average molecular weight is 433 g/mol. The van der Waals surface area contributed by atoms with E-state index in [1.54, 1.807) is 0 Å². The normalized spacial score (nSPS) is 18.5. The van der Waals surface area contributed by atoms with Crippen LogP contribution in [0.4, 0.5) is 0 Å². The molecule has 0 atom stereocenters. The maximum Gasteiger partial charge on any atom is 0.261 e. The Hall–Kier alpha value is -2.70. The quantitative estimate of drug-likeness (QED) is 0.401. The molecule has 0 bridgehead atoms. The molecule has 5 nitrogen and oxygen atoms in total. The van der Waals surface area contributed by atoms with Gasteiger partial charge in [0.15, 0.2) is 0 Å². The van der Waals surface area contributed by atoms with Gasteiger partial charge in [0.2, 0.25) is 0 Å². The van der Waals surface area contributed by atoms with Gasteiger partial charge in [-0.25, -0.2) is 4.98 Å². The van der Waals surface area contributed by atoms with Crippen LogP contribution in [0, 0.1) is 0 Å². The Morgan fingerprint density at radius 1 is 1.03 bits per heavy atom. The van der Waals surface area contributed by atoms with Gasteiger partial charge in [0.05, 0.1) is 20.8 Å². The van der Waals surface area contributed by atoms with Gasteiger partial charge in [-0.05, 0) is 75.6 Å². The first kappa shape index (κ1) is 20.2. The van der Waals surface area contributed by atoms with Crippen molar-refractivity contribution in [3.05, 3.63) is 53.4 Å². The summed E-state index contributed by atoms with van der Waals surface area (Å²) < 4.78 is 0. The highest BCUT2D eigenvalue weighted by molar-refractivity contribution is 7.17. The maximum atomic E-state index is 13.0. The number of nitrogens with zero attached hydrogens (tertiary/aromatic N) is 1. The Bertz CT molecular complexity index is 1210. The second kappa shape index (κ2) is 7.18. The first-order valence-electron chi connectivity index (χ1n) is 10.8. The lowest BCUT2D eigenvalue weighted by atomic mass is 9.79. The number of benzene rings is 2. The van der Waals surface area contributed by atoms with Crippen LogP contribution in [0.3, 0.4) is 0 Å². The van der Waals surface area contributed by atoms with E-state index in [1.165, 1.54) is 22.1 Å². The summed E-state index contributed by atoms with van der Waals surface area (Å²) in [5.74, 6) is 0.801. The zero-order chi connectivity index (χ0) is 21.8. The Labute approximate surface area is 186 Å². The first-order valence-corrected chi connectivity index (χ1v) is 11.6. The Balaban J connectivity index is 1.37. The topological polar surface area (TPSA) is 69.8 Å². The summed E-state index contributed by atoms with van der Waals surface area (Å²) >= 11 is 1.48. The molecule has 3 heterocycles. The first-order chi connectivity index (χ1) is 14.7. The van der Waals surface area contributed by atoms with Crippen LogP contribution in [-0.4, -0.2) is 33.0 Å². The molecule has 3 N–H and O–H groups in total. The number of carbonyl (C=O) groups excluding carboxylic acids is 1. The van der Waals surface area contributed by atoms with Crippen LogP contribution < -0.4 is 10.6 Å². The monoisotopic (exact) mass is 432 g/mol. The molecule has 0 radical (unpaired) electrons. The summed E-state index contributed by atoms with van der Waals surface area (Å²) in [6, 6.07) is 16.5. The van der Waals surface area contributed by atoms with Crippen LogP contribution in [0.25, 0.3) is 32.5 Å². The van der Waals surface area contributed by atoms with Gasteiger partial charge in [-0.3, -0.25) is 4.79 Å². The van der Waals surface area contributed by atoms with Crippen molar-refractivity contribution >= 4 is 39.0 Å². The number of hydrogen-bond donors (Lipinski definition) is 3. The Morgan fingerprint density at radius 3 is 2.42 bits per heavy atom. The number of amides is 1. The zero-order valence-corrected chi connectivity index (χ0v) is 19.2. The number of rotatable bonds is 3. The van der Waals surface area contributed by atoms with Crippen molar-refractivity contribution in [2.45, 2.75) is 57.7 Å². The third-order valence-corrected chi connectivity index (χ3v) is 7.03. The van der Waals surface area contributed by atoms with Crippen molar-refractivity contribution in [2.75, 3.05) is 0 Å². The Morgan fingerprint density at radius 2 is 1.71 bits per heavy atom. The predicted molar refractivity (Wildman–Crippen MR) is 129 cm³/mol. The van der Waals surface area contributed by atoms with Gasteiger partial charge in [0, 0.05) is 17.1 Å². The van der Waals surface area contributed by atoms with E-state index in [4.69, 9.17) is 4.98 Å². The highest BCUT2D eigenvalue weighted by atomic mass is 32.1. The fourth-order valence-electron chi connectivity index (χ4n) is 5.08. The van der Waals surface area contributed by atoms with Crippen LogP contribution in [0.5, 0.6) is 0 Å². The number of nitrogens with one attached hydrogen (secondary N) is 3. The molecule has 1 amide bonds. The number of fused-ring (bicyclic) bond motifs is 2. The summed E-state index contributed by atoms with van der Waals surface area (Å²) in [4.78, 5) is 22.8. The molecular weight excluding hydrogens is 404 g/mol. The largest absolute Gasteiger partial charge is 0.348 e. The number of aromatic amines is 1. The van der Waals surface area contributed by atoms with Gasteiger partial charge in [0.1, 0.15) is 5.82 Å². The van der Waals surface area contributed by atoms with Crippen molar-refractivity contribution in [1.82, 2.24) is 20.6 Å². The number of aromatic nitrogens is 2. The molecule has 5 rings (SSSR count). The highest BCUT2D eigenvalue weighted by Gasteiger charge is 2.38. The molecule has 2 aromatic heterocycles. The van der Waals surface area contributed by atoms with Gasteiger partial charge in [0.25, 0.3) is 5.91 Å². The summed E-state index contributed by atoms with van der Waals surface area (Å²) in [6.45, 7) is 8.78. The molecule has 0 spiro atoms. The van der Waals surface area contributed by atoms with Crippen LogP contribution >= 0.6 is 11.3 Å². The summed E-state index contributed by atoms with van der Waals surface area (Å²) in [5.41, 5.74) is 1.94. The molecule has 31 heavy (non-hydrogen) atoms. The fraction of sp³-hybridized carbons (Fsp3) is 0.360. The lowest BCUT2D eigenvalue weighted by Gasteiger charge is -2.46. The molecule has 4 aromatic rings. The maximum absolute atomic E-state index is 13.0. The number of imidazole rings is 1. The molecule has 0 saturated carbocycles. The number of H-pyrrole nitrogens is 1. The van der Waals surface area contributed by atoms with E-state index in [1.807, 2.05) is 24.3 Å². The van der Waals surface area contributed by atoms with Crippen molar-refractivity contribution in [3.8, 4) is 10.7 Å². The molecule has 0 aliphatic carbocycles. The van der Waals surface area contributed by atoms with E-state index in [2.05, 4.69) is 67.6 Å². The van der Waals surface area contributed by atoms with E-state index in [9.17, 15) is 4.79 Å². The second-order valence-corrected chi connectivity index (χ2v) is 11.0. The molecule has 0 unspecified atom stereocenters. The van der Waals surface area contributed by atoms with Crippen molar-refractivity contribution < 1.29 is 4.79 Å². The summed E-state index contributed by atoms with van der Waals surface area (Å²) in [7, 11) is 0. The minimum Gasteiger partial charge on any atom is -0.348 e. The third kappa shape index (κ3) is 4.10. The lowest BCUT2D eigenvalue weighted by molar-refractivity contribution is 0.0877. The van der Waals surface area contributed by atoms with Crippen LogP contribution in [-0.2, 0) is 0 Å². The summed E-state index contributed by atoms with van der Waals surface area (Å²) in [5, 5.41) is 9.28. The van der Waals surface area contributed by atoms with Crippen molar-refractivity contribution in [3.63, 3.8) is 0 Å². The third-order valence-electron chi connectivity index (χ3n) is 5.94. The van der Waals surface area contributed by atoms with E-state index < -0.39 is 0 Å². The van der Waals surface area contributed by atoms with Gasteiger partial charge in [-0.2, -0.15) is 0 Å². The van der Waals surface area contributed by atoms with Gasteiger partial charge < -0.3 is 15.6 Å². The second-order valence-electron chi connectivity index (χ2n) is 9.94. The minimum absolute atomic E-state index is 0.00186. The molecular formula is C25H28N4OS. The molecule has 2 aromatic carbocycles. The number of carbonyl (C=O) groups is 1. The number of piperidine rings is 1.